The first-order valence-electron chi connectivity index (χ1n) is 9.93. The van der Waals surface area contributed by atoms with Gasteiger partial charge in [0.1, 0.15) is 5.60 Å². The van der Waals surface area contributed by atoms with E-state index in [1.165, 1.54) is 17.3 Å². The maximum Gasteiger partial charge on any atom is 0.410 e. The van der Waals surface area contributed by atoms with Crippen LogP contribution < -0.4 is 5.32 Å². The van der Waals surface area contributed by atoms with E-state index in [2.05, 4.69) is 15.3 Å². The molecule has 1 aromatic heterocycles. The second-order valence-electron chi connectivity index (χ2n) is 8.15. The van der Waals surface area contributed by atoms with Gasteiger partial charge in [0, 0.05) is 37.2 Å². The normalized spacial score (nSPS) is 11.0. The van der Waals surface area contributed by atoms with Crippen molar-refractivity contribution in [1.82, 2.24) is 14.9 Å². The van der Waals surface area contributed by atoms with Crippen molar-refractivity contribution in [3.05, 3.63) is 78.1 Å². The average Bonchev–Trinajstić information content (AvgIpc) is 2.73. The largest absolute Gasteiger partial charge is 0.444 e. The van der Waals surface area contributed by atoms with Gasteiger partial charge in [0.25, 0.3) is 5.91 Å². The summed E-state index contributed by atoms with van der Waals surface area (Å²) in [6.45, 7) is 5.83. The van der Waals surface area contributed by atoms with Gasteiger partial charge in [-0.15, -0.1) is 0 Å². The fourth-order valence-electron chi connectivity index (χ4n) is 2.81. The lowest BCUT2D eigenvalue weighted by Gasteiger charge is -2.24. The molecule has 0 unspecified atom stereocenters. The van der Waals surface area contributed by atoms with E-state index in [0.29, 0.717) is 23.6 Å². The van der Waals surface area contributed by atoms with Gasteiger partial charge in [-0.25, -0.2) is 14.8 Å². The molecule has 0 bridgehead atoms. The SMILES string of the molecule is CN(Cc1cccc(NC(=O)c2cnc(-c3ccccc3)nc2)c1)C(=O)OC(C)(C)C. The third-order valence-electron chi connectivity index (χ3n) is 4.26. The van der Waals surface area contributed by atoms with E-state index in [4.69, 9.17) is 4.74 Å². The fraction of sp³-hybridized carbons (Fsp3) is 0.250. The molecule has 0 saturated heterocycles. The maximum atomic E-state index is 12.6. The number of nitrogens with zero attached hydrogens (tertiary/aromatic N) is 3. The summed E-state index contributed by atoms with van der Waals surface area (Å²) < 4.78 is 5.37. The number of carbonyl (C=O) groups is 2. The van der Waals surface area contributed by atoms with Crippen LogP contribution in [-0.2, 0) is 11.3 Å². The van der Waals surface area contributed by atoms with Gasteiger partial charge < -0.3 is 15.0 Å². The molecular formula is C24H26N4O3. The molecule has 3 rings (SSSR count). The fourth-order valence-corrected chi connectivity index (χ4v) is 2.81. The van der Waals surface area contributed by atoms with Crippen molar-refractivity contribution in [2.45, 2.75) is 32.9 Å². The Morgan fingerprint density at radius 1 is 1.00 bits per heavy atom. The van der Waals surface area contributed by atoms with Crippen molar-refractivity contribution in [3.8, 4) is 11.4 Å². The van der Waals surface area contributed by atoms with Gasteiger partial charge in [0.2, 0.25) is 0 Å². The quantitative estimate of drug-likeness (QED) is 0.646. The van der Waals surface area contributed by atoms with Crippen LogP contribution in [0.4, 0.5) is 10.5 Å². The molecule has 31 heavy (non-hydrogen) atoms. The van der Waals surface area contributed by atoms with E-state index in [1.807, 2.05) is 69.3 Å². The molecule has 0 aliphatic rings. The van der Waals surface area contributed by atoms with Crippen molar-refractivity contribution in [1.29, 1.82) is 0 Å². The molecule has 0 fully saturated rings. The average molecular weight is 418 g/mol. The first-order valence-corrected chi connectivity index (χ1v) is 9.93. The molecule has 0 spiro atoms. The number of hydrogen-bond donors (Lipinski definition) is 1. The van der Waals surface area contributed by atoms with Gasteiger partial charge >= 0.3 is 6.09 Å². The standard InChI is InChI=1S/C24H26N4O3/c1-24(2,3)31-23(30)28(4)16-17-9-8-12-20(13-17)27-22(29)19-14-25-21(26-15-19)18-10-6-5-7-11-18/h5-15H,16H2,1-4H3,(H,27,29). The number of nitrogens with one attached hydrogen (secondary N) is 1. The number of carbonyl (C=O) groups excluding carboxylic acids is 2. The molecule has 2 amide bonds. The van der Waals surface area contributed by atoms with Crippen LogP contribution in [0.5, 0.6) is 0 Å². The topological polar surface area (TPSA) is 84.4 Å². The molecule has 160 valence electrons. The van der Waals surface area contributed by atoms with Crippen LogP contribution in [0.25, 0.3) is 11.4 Å². The van der Waals surface area contributed by atoms with Gasteiger partial charge in [-0.1, -0.05) is 42.5 Å². The molecule has 0 radical (unpaired) electrons. The van der Waals surface area contributed by atoms with Gasteiger partial charge in [0.15, 0.2) is 5.82 Å². The van der Waals surface area contributed by atoms with Crippen LogP contribution in [0.15, 0.2) is 67.0 Å². The highest BCUT2D eigenvalue weighted by Crippen LogP contribution is 2.17. The molecule has 1 heterocycles. The third kappa shape index (κ3) is 6.37. The van der Waals surface area contributed by atoms with Crippen LogP contribution in [0.2, 0.25) is 0 Å². The Bertz CT molecular complexity index is 1040. The van der Waals surface area contributed by atoms with Gasteiger partial charge in [0.05, 0.1) is 5.56 Å². The first kappa shape index (κ1) is 22.0. The molecule has 7 nitrogen and oxygen atoms in total. The molecular weight excluding hydrogens is 392 g/mol. The number of rotatable bonds is 5. The molecule has 0 aliphatic heterocycles. The Balaban J connectivity index is 1.64. The molecule has 1 N–H and O–H groups in total. The van der Waals surface area contributed by atoms with E-state index in [1.54, 1.807) is 13.1 Å². The second-order valence-corrected chi connectivity index (χ2v) is 8.15. The predicted octanol–water partition coefficient (Wildman–Crippen LogP) is 4.76. The highest BCUT2D eigenvalue weighted by atomic mass is 16.6. The minimum atomic E-state index is -0.556. The number of benzene rings is 2. The van der Waals surface area contributed by atoms with Crippen LogP contribution in [-0.4, -0.2) is 39.5 Å². The summed E-state index contributed by atoms with van der Waals surface area (Å²) in [6, 6.07) is 16.9. The van der Waals surface area contributed by atoms with Crippen LogP contribution >= 0.6 is 0 Å². The van der Waals surface area contributed by atoms with Crippen molar-refractivity contribution in [2.24, 2.45) is 0 Å². The molecule has 0 aliphatic carbocycles. The summed E-state index contributed by atoms with van der Waals surface area (Å²) in [5.74, 6) is 0.251. The Morgan fingerprint density at radius 3 is 2.32 bits per heavy atom. The second kappa shape index (κ2) is 9.38. The van der Waals surface area contributed by atoms with Crippen LogP contribution in [0, 0.1) is 0 Å². The summed E-state index contributed by atoms with van der Waals surface area (Å²) in [5, 5.41) is 2.84. The van der Waals surface area contributed by atoms with E-state index < -0.39 is 11.7 Å². The first-order chi connectivity index (χ1) is 14.7. The summed E-state index contributed by atoms with van der Waals surface area (Å²) in [7, 11) is 1.67. The minimum absolute atomic E-state index is 0.308. The summed E-state index contributed by atoms with van der Waals surface area (Å²) in [5.41, 5.74) is 2.17. The van der Waals surface area contributed by atoms with E-state index in [-0.39, 0.29) is 5.91 Å². The highest BCUT2D eigenvalue weighted by molar-refractivity contribution is 6.03. The number of ether oxygens (including phenoxy) is 1. The molecule has 0 atom stereocenters. The van der Waals surface area contributed by atoms with Crippen LogP contribution in [0.1, 0.15) is 36.7 Å². The van der Waals surface area contributed by atoms with E-state index in [9.17, 15) is 9.59 Å². The molecule has 2 aromatic carbocycles. The van der Waals surface area contributed by atoms with Crippen molar-refractivity contribution < 1.29 is 14.3 Å². The van der Waals surface area contributed by atoms with Gasteiger partial charge in [-0.3, -0.25) is 4.79 Å². The molecule has 7 heteroatoms. The lowest BCUT2D eigenvalue weighted by atomic mass is 10.2. The number of amides is 2. The van der Waals surface area contributed by atoms with Crippen LogP contribution in [0.3, 0.4) is 0 Å². The van der Waals surface area contributed by atoms with Gasteiger partial charge in [-0.2, -0.15) is 0 Å². The minimum Gasteiger partial charge on any atom is -0.444 e. The molecule has 3 aromatic rings. The van der Waals surface area contributed by atoms with E-state index in [0.717, 1.165) is 11.1 Å². The number of anilines is 1. The zero-order valence-electron chi connectivity index (χ0n) is 18.1. The number of aromatic nitrogens is 2. The summed E-state index contributed by atoms with van der Waals surface area (Å²) in [4.78, 5) is 34.8. The van der Waals surface area contributed by atoms with Crippen molar-refractivity contribution in [2.75, 3.05) is 12.4 Å². The Hall–Kier alpha value is -3.74. The predicted molar refractivity (Wildman–Crippen MR) is 120 cm³/mol. The van der Waals surface area contributed by atoms with Crippen molar-refractivity contribution >= 4 is 17.7 Å². The van der Waals surface area contributed by atoms with E-state index >= 15 is 0 Å². The highest BCUT2D eigenvalue weighted by Gasteiger charge is 2.19. The monoisotopic (exact) mass is 418 g/mol. The zero-order valence-corrected chi connectivity index (χ0v) is 18.1. The Kier molecular flexibility index (Phi) is 6.65. The maximum absolute atomic E-state index is 12.6. The van der Waals surface area contributed by atoms with Gasteiger partial charge in [-0.05, 0) is 38.5 Å². The lowest BCUT2D eigenvalue weighted by Crippen LogP contribution is -2.33. The third-order valence-corrected chi connectivity index (χ3v) is 4.26. The van der Waals surface area contributed by atoms with Crippen molar-refractivity contribution in [3.63, 3.8) is 0 Å². The molecule has 0 saturated carbocycles. The Morgan fingerprint density at radius 2 is 1.68 bits per heavy atom. The zero-order chi connectivity index (χ0) is 22.4. The summed E-state index contributed by atoms with van der Waals surface area (Å²) >= 11 is 0. The summed E-state index contributed by atoms with van der Waals surface area (Å²) in [6.07, 6.45) is 2.60. The lowest BCUT2D eigenvalue weighted by molar-refractivity contribution is 0.0285. The number of hydrogen-bond acceptors (Lipinski definition) is 5. The Labute approximate surface area is 182 Å². The smallest absolute Gasteiger partial charge is 0.410 e.